The molecule has 1 amide bonds. The van der Waals surface area contributed by atoms with E-state index in [9.17, 15) is 9.18 Å². The summed E-state index contributed by atoms with van der Waals surface area (Å²) in [6.07, 6.45) is 2.88. The van der Waals surface area contributed by atoms with Crippen LogP contribution in [0.1, 0.15) is 24.5 Å². The number of fused-ring (bicyclic) bond motifs is 1. The van der Waals surface area contributed by atoms with Gasteiger partial charge in [-0.25, -0.2) is 9.37 Å². The number of benzene rings is 1. The van der Waals surface area contributed by atoms with Crippen molar-refractivity contribution in [2.75, 3.05) is 18.1 Å². The Morgan fingerprint density at radius 3 is 3.00 bits per heavy atom. The van der Waals surface area contributed by atoms with E-state index in [-0.39, 0.29) is 17.6 Å². The van der Waals surface area contributed by atoms with Gasteiger partial charge in [-0.15, -0.1) is 0 Å². The Kier molecular flexibility index (Phi) is 4.79. The first kappa shape index (κ1) is 16.4. The molecule has 4 nitrogen and oxygen atoms in total. The van der Waals surface area contributed by atoms with E-state index in [0.717, 1.165) is 11.3 Å². The fourth-order valence-corrected chi connectivity index (χ4v) is 2.89. The number of nitrogens with zero attached hydrogens (tertiary/aromatic N) is 2. The number of pyridine rings is 1. The normalized spacial score (nSPS) is 14.7. The van der Waals surface area contributed by atoms with E-state index >= 15 is 0 Å². The lowest BCUT2D eigenvalue weighted by molar-refractivity contribution is -0.122. The van der Waals surface area contributed by atoms with Gasteiger partial charge in [-0.1, -0.05) is 25.1 Å². The fourth-order valence-electron chi connectivity index (χ4n) is 2.89. The number of amides is 1. The Morgan fingerprint density at radius 1 is 1.42 bits per heavy atom. The Balaban J connectivity index is 1.71. The summed E-state index contributed by atoms with van der Waals surface area (Å²) < 4.78 is 19.2. The number of aromatic nitrogens is 1. The van der Waals surface area contributed by atoms with Gasteiger partial charge in [-0.05, 0) is 43.0 Å². The molecular weight excluding hydrogens is 307 g/mol. The molecule has 2 aromatic rings. The Labute approximate surface area is 141 Å². The molecule has 0 bridgehead atoms. The summed E-state index contributed by atoms with van der Waals surface area (Å²) in [7, 11) is 0. The molecule has 1 aliphatic rings. The van der Waals surface area contributed by atoms with Gasteiger partial charge in [0.1, 0.15) is 18.1 Å². The molecule has 1 atom stereocenters. The quantitative estimate of drug-likeness (QED) is 0.862. The highest BCUT2D eigenvalue weighted by Gasteiger charge is 2.28. The summed E-state index contributed by atoms with van der Waals surface area (Å²) >= 11 is 0. The number of hydrogen-bond acceptors (Lipinski definition) is 3. The second kappa shape index (κ2) is 6.99. The Morgan fingerprint density at radius 2 is 2.21 bits per heavy atom. The molecule has 1 aromatic heterocycles. The van der Waals surface area contributed by atoms with Crippen LogP contribution in [0.3, 0.4) is 0 Å². The summed E-state index contributed by atoms with van der Waals surface area (Å²) in [5.41, 5.74) is 2.36. The molecule has 0 fully saturated rings. The molecule has 0 aliphatic carbocycles. The van der Waals surface area contributed by atoms with Crippen molar-refractivity contribution < 1.29 is 13.9 Å². The number of halogens is 1. The fraction of sp³-hybridized carbons (Fsp3) is 0.368. The number of ether oxygens (including phenoxy) is 1. The van der Waals surface area contributed by atoms with E-state index < -0.39 is 0 Å². The van der Waals surface area contributed by atoms with E-state index in [0.29, 0.717) is 37.4 Å². The van der Waals surface area contributed by atoms with Crippen molar-refractivity contribution in [2.24, 2.45) is 5.92 Å². The van der Waals surface area contributed by atoms with Gasteiger partial charge in [-0.2, -0.15) is 0 Å². The second-order valence-electron chi connectivity index (χ2n) is 6.21. The van der Waals surface area contributed by atoms with Gasteiger partial charge in [0.15, 0.2) is 0 Å². The van der Waals surface area contributed by atoms with Crippen LogP contribution >= 0.6 is 0 Å². The number of aryl methyl sites for hydroxylation is 2. The molecule has 1 aliphatic heterocycles. The van der Waals surface area contributed by atoms with E-state index in [2.05, 4.69) is 4.98 Å². The maximum absolute atomic E-state index is 13.7. The molecule has 1 aromatic carbocycles. The van der Waals surface area contributed by atoms with Gasteiger partial charge >= 0.3 is 0 Å². The summed E-state index contributed by atoms with van der Waals surface area (Å²) in [6.45, 7) is 4.78. The number of carbonyl (C=O) groups excluding carboxylic acids is 1. The smallest absolute Gasteiger partial charge is 0.238 e. The van der Waals surface area contributed by atoms with Crippen LogP contribution in [0.2, 0.25) is 0 Å². The third kappa shape index (κ3) is 3.40. The lowest BCUT2D eigenvalue weighted by atomic mass is 9.99. The zero-order chi connectivity index (χ0) is 17.1. The zero-order valence-corrected chi connectivity index (χ0v) is 14.0. The largest absolute Gasteiger partial charge is 0.474 e. The molecule has 0 saturated heterocycles. The maximum Gasteiger partial charge on any atom is 0.238 e. The summed E-state index contributed by atoms with van der Waals surface area (Å²) in [6, 6.07) is 8.63. The molecule has 2 heterocycles. The average Bonchev–Trinajstić information content (AvgIpc) is 2.59. The molecule has 1 unspecified atom stereocenters. The molecule has 0 radical (unpaired) electrons. The maximum atomic E-state index is 13.7. The second-order valence-corrected chi connectivity index (χ2v) is 6.21. The molecule has 0 N–H and O–H groups in total. The highest BCUT2D eigenvalue weighted by molar-refractivity contribution is 5.96. The molecule has 5 heteroatoms. The van der Waals surface area contributed by atoms with Crippen LogP contribution in [0.15, 0.2) is 36.5 Å². The minimum Gasteiger partial charge on any atom is -0.474 e. The van der Waals surface area contributed by atoms with Gasteiger partial charge in [0.05, 0.1) is 6.54 Å². The lowest BCUT2D eigenvalue weighted by Crippen LogP contribution is -2.41. The van der Waals surface area contributed by atoms with Crippen LogP contribution in [-0.2, 0) is 11.2 Å². The zero-order valence-electron chi connectivity index (χ0n) is 14.0. The van der Waals surface area contributed by atoms with Gasteiger partial charge in [-0.3, -0.25) is 4.79 Å². The number of carbonyl (C=O) groups is 1. The van der Waals surface area contributed by atoms with Crippen molar-refractivity contribution in [1.29, 1.82) is 0 Å². The molecule has 0 spiro atoms. The van der Waals surface area contributed by atoms with Gasteiger partial charge in [0.2, 0.25) is 11.8 Å². The summed E-state index contributed by atoms with van der Waals surface area (Å²) in [5, 5.41) is 0. The molecule has 3 rings (SSSR count). The number of anilines is 1. The first-order valence-electron chi connectivity index (χ1n) is 8.20. The van der Waals surface area contributed by atoms with Crippen molar-refractivity contribution in [3.63, 3.8) is 0 Å². The van der Waals surface area contributed by atoms with E-state index in [1.807, 2.05) is 26.0 Å². The molecular formula is C19H21FN2O2. The predicted molar refractivity (Wildman–Crippen MR) is 90.7 cm³/mol. The SMILES string of the molecule is Cc1cnc2c(c1)N(C(=O)C(C)CCc1ccccc1F)CCO2. The summed E-state index contributed by atoms with van der Waals surface area (Å²) in [5.74, 6) is 0.120. The van der Waals surface area contributed by atoms with Gasteiger partial charge in [0, 0.05) is 12.1 Å². The van der Waals surface area contributed by atoms with Crippen molar-refractivity contribution in [3.05, 3.63) is 53.5 Å². The van der Waals surface area contributed by atoms with Crippen molar-refractivity contribution >= 4 is 11.6 Å². The number of rotatable bonds is 4. The average molecular weight is 328 g/mol. The van der Waals surface area contributed by atoms with Crippen LogP contribution in [0.5, 0.6) is 5.88 Å². The van der Waals surface area contributed by atoms with E-state index in [1.165, 1.54) is 6.07 Å². The minimum atomic E-state index is -0.214. The highest BCUT2D eigenvalue weighted by atomic mass is 19.1. The standard InChI is InChI=1S/C19H21FN2O2/c1-13-11-17-18(21-12-13)24-10-9-22(17)19(23)14(2)7-8-15-5-3-4-6-16(15)20/h3-6,11-12,14H,7-10H2,1-2H3. The molecule has 0 saturated carbocycles. The van der Waals surface area contributed by atoms with Gasteiger partial charge in [0.25, 0.3) is 0 Å². The van der Waals surface area contributed by atoms with Gasteiger partial charge < -0.3 is 9.64 Å². The Bertz CT molecular complexity index is 748. The molecule has 24 heavy (non-hydrogen) atoms. The van der Waals surface area contributed by atoms with E-state index in [4.69, 9.17) is 4.74 Å². The third-order valence-electron chi connectivity index (χ3n) is 4.31. The minimum absolute atomic E-state index is 0.0308. The van der Waals surface area contributed by atoms with Crippen LogP contribution < -0.4 is 9.64 Å². The van der Waals surface area contributed by atoms with Crippen LogP contribution in [0.25, 0.3) is 0 Å². The first-order valence-corrected chi connectivity index (χ1v) is 8.20. The van der Waals surface area contributed by atoms with Crippen LogP contribution in [0, 0.1) is 18.7 Å². The topological polar surface area (TPSA) is 42.4 Å². The third-order valence-corrected chi connectivity index (χ3v) is 4.31. The predicted octanol–water partition coefficient (Wildman–Crippen LogP) is 3.52. The molecule has 126 valence electrons. The van der Waals surface area contributed by atoms with Crippen molar-refractivity contribution in [2.45, 2.75) is 26.7 Å². The highest BCUT2D eigenvalue weighted by Crippen LogP contribution is 2.31. The van der Waals surface area contributed by atoms with E-state index in [1.54, 1.807) is 23.2 Å². The van der Waals surface area contributed by atoms with Crippen molar-refractivity contribution in [3.8, 4) is 5.88 Å². The first-order chi connectivity index (χ1) is 11.6. The van der Waals surface area contributed by atoms with Crippen molar-refractivity contribution in [1.82, 2.24) is 4.98 Å². The lowest BCUT2D eigenvalue weighted by Gasteiger charge is -2.31. The number of hydrogen-bond donors (Lipinski definition) is 0. The summed E-state index contributed by atoms with van der Waals surface area (Å²) in [4.78, 5) is 18.8. The van der Waals surface area contributed by atoms with Crippen LogP contribution in [0.4, 0.5) is 10.1 Å². The Hall–Kier alpha value is -2.43. The monoisotopic (exact) mass is 328 g/mol. The van der Waals surface area contributed by atoms with Crippen LogP contribution in [-0.4, -0.2) is 24.0 Å².